The van der Waals surface area contributed by atoms with Crippen LogP contribution < -0.4 is 0 Å². The van der Waals surface area contributed by atoms with Gasteiger partial charge in [-0.2, -0.15) is 0 Å². The number of benzene rings is 2. The SMILES string of the molecule is CCOC(=O)C1=C(O)/C(=C/c2cn(CC(C)C)c3ccccc23)SC1=Nc1ccc(C)cc1. The first-order valence-electron chi connectivity index (χ1n) is 11.1. The summed E-state index contributed by atoms with van der Waals surface area (Å²) in [6, 6.07) is 15.9. The van der Waals surface area contributed by atoms with Gasteiger partial charge in [0.1, 0.15) is 16.4 Å². The minimum atomic E-state index is -0.570. The number of thioether (sulfide) groups is 1. The summed E-state index contributed by atoms with van der Waals surface area (Å²) in [5.74, 6) is -0.164. The van der Waals surface area contributed by atoms with Gasteiger partial charge in [-0.15, -0.1) is 0 Å². The first kappa shape index (κ1) is 22.9. The molecular weight excluding hydrogens is 432 g/mol. The summed E-state index contributed by atoms with van der Waals surface area (Å²) in [6.45, 7) is 9.25. The second-order valence-corrected chi connectivity index (χ2v) is 9.49. The van der Waals surface area contributed by atoms with Crippen molar-refractivity contribution in [2.75, 3.05) is 6.61 Å². The number of esters is 1. The molecule has 0 amide bonds. The number of hydrogen-bond acceptors (Lipinski definition) is 5. The minimum Gasteiger partial charge on any atom is -0.506 e. The Balaban J connectivity index is 1.80. The van der Waals surface area contributed by atoms with Gasteiger partial charge in [-0.3, -0.25) is 0 Å². The maximum Gasteiger partial charge on any atom is 0.344 e. The standard InChI is InChI=1S/C27H28N2O3S/c1-5-32-27(31)24-25(30)23(33-26(24)28-20-12-10-18(4)11-13-20)14-19-16-29(15-17(2)3)22-9-7-6-8-21(19)22/h6-14,16-17,30H,5,15H2,1-4H3/b23-14-,28-26?. The zero-order valence-electron chi connectivity index (χ0n) is 19.3. The zero-order chi connectivity index (χ0) is 23.5. The third-order valence-electron chi connectivity index (χ3n) is 5.30. The van der Waals surface area contributed by atoms with Crippen molar-refractivity contribution in [3.05, 3.63) is 82.1 Å². The summed E-state index contributed by atoms with van der Waals surface area (Å²) in [5.41, 5.74) is 4.08. The Morgan fingerprint density at radius 2 is 1.91 bits per heavy atom. The molecule has 1 N–H and O–H groups in total. The average molecular weight is 461 g/mol. The number of aromatic nitrogens is 1. The van der Waals surface area contributed by atoms with Crippen LogP contribution in [0.25, 0.3) is 17.0 Å². The molecule has 0 bridgehead atoms. The van der Waals surface area contributed by atoms with Crippen LogP contribution in [-0.4, -0.2) is 27.3 Å². The van der Waals surface area contributed by atoms with Crippen LogP contribution in [0.3, 0.4) is 0 Å². The first-order valence-corrected chi connectivity index (χ1v) is 11.9. The molecular formula is C27H28N2O3S. The number of aliphatic imine (C=N–C) groups is 1. The number of para-hydroxylation sites is 1. The quantitative estimate of drug-likeness (QED) is 0.411. The largest absolute Gasteiger partial charge is 0.506 e. The minimum absolute atomic E-state index is 0.0926. The molecule has 0 aliphatic carbocycles. The Morgan fingerprint density at radius 1 is 1.18 bits per heavy atom. The van der Waals surface area contributed by atoms with E-state index in [0.29, 0.717) is 21.6 Å². The van der Waals surface area contributed by atoms with Gasteiger partial charge in [-0.1, -0.05) is 61.5 Å². The Hall–Kier alpha value is -3.25. The van der Waals surface area contributed by atoms with Crippen molar-refractivity contribution in [2.45, 2.75) is 34.2 Å². The van der Waals surface area contributed by atoms with E-state index < -0.39 is 5.97 Å². The Bertz CT molecular complexity index is 1280. The van der Waals surface area contributed by atoms with Gasteiger partial charge >= 0.3 is 5.97 Å². The van der Waals surface area contributed by atoms with E-state index in [-0.39, 0.29) is 17.9 Å². The number of aliphatic hydroxyl groups is 1. The highest BCUT2D eigenvalue weighted by Crippen LogP contribution is 2.41. The number of nitrogens with zero attached hydrogens (tertiary/aromatic N) is 2. The van der Waals surface area contributed by atoms with E-state index >= 15 is 0 Å². The maximum atomic E-state index is 12.7. The summed E-state index contributed by atoms with van der Waals surface area (Å²) in [5, 5.41) is 12.6. The molecule has 5 nitrogen and oxygen atoms in total. The van der Waals surface area contributed by atoms with Crippen molar-refractivity contribution >= 4 is 45.4 Å². The molecule has 3 aromatic rings. The number of rotatable bonds is 6. The van der Waals surface area contributed by atoms with Crippen molar-refractivity contribution < 1.29 is 14.6 Å². The van der Waals surface area contributed by atoms with E-state index in [9.17, 15) is 9.90 Å². The highest BCUT2D eigenvalue weighted by atomic mass is 32.2. The molecule has 0 unspecified atom stereocenters. The number of ether oxygens (including phenoxy) is 1. The number of aliphatic hydroxyl groups excluding tert-OH is 1. The van der Waals surface area contributed by atoms with E-state index in [1.54, 1.807) is 6.92 Å². The topological polar surface area (TPSA) is 63.8 Å². The van der Waals surface area contributed by atoms with Crippen molar-refractivity contribution in [1.82, 2.24) is 4.57 Å². The maximum absolute atomic E-state index is 12.7. The van der Waals surface area contributed by atoms with Gasteiger partial charge in [0.2, 0.25) is 0 Å². The summed E-state index contributed by atoms with van der Waals surface area (Å²) >= 11 is 1.28. The van der Waals surface area contributed by atoms with E-state index in [1.807, 2.05) is 49.4 Å². The van der Waals surface area contributed by atoms with Crippen LogP contribution in [0.15, 0.2) is 76.0 Å². The van der Waals surface area contributed by atoms with Crippen LogP contribution >= 0.6 is 11.8 Å². The third kappa shape index (κ3) is 4.91. The fourth-order valence-electron chi connectivity index (χ4n) is 3.80. The molecule has 1 aromatic heterocycles. The van der Waals surface area contributed by atoms with Crippen LogP contribution in [0.1, 0.15) is 31.9 Å². The Morgan fingerprint density at radius 3 is 2.61 bits per heavy atom. The summed E-state index contributed by atoms with van der Waals surface area (Å²) in [4.78, 5) is 17.9. The molecule has 2 aromatic carbocycles. The summed E-state index contributed by atoms with van der Waals surface area (Å²) in [7, 11) is 0. The van der Waals surface area contributed by atoms with Crippen molar-refractivity contribution in [1.29, 1.82) is 0 Å². The van der Waals surface area contributed by atoms with E-state index in [1.165, 1.54) is 11.8 Å². The zero-order valence-corrected chi connectivity index (χ0v) is 20.1. The van der Waals surface area contributed by atoms with Crippen LogP contribution in [-0.2, 0) is 16.1 Å². The lowest BCUT2D eigenvalue weighted by molar-refractivity contribution is -0.138. The molecule has 4 rings (SSSR count). The van der Waals surface area contributed by atoms with Gasteiger partial charge in [0.25, 0.3) is 0 Å². The lowest BCUT2D eigenvalue weighted by Gasteiger charge is -2.07. The first-order chi connectivity index (χ1) is 15.9. The van der Waals surface area contributed by atoms with Gasteiger partial charge in [0.05, 0.1) is 17.2 Å². The smallest absolute Gasteiger partial charge is 0.344 e. The predicted molar refractivity (Wildman–Crippen MR) is 137 cm³/mol. The molecule has 33 heavy (non-hydrogen) atoms. The average Bonchev–Trinajstić information content (AvgIpc) is 3.27. The molecule has 6 heteroatoms. The molecule has 0 spiro atoms. The molecule has 0 atom stereocenters. The molecule has 0 radical (unpaired) electrons. The van der Waals surface area contributed by atoms with E-state index in [4.69, 9.17) is 4.74 Å². The molecule has 1 aliphatic heterocycles. The lowest BCUT2D eigenvalue weighted by Crippen LogP contribution is -2.12. The van der Waals surface area contributed by atoms with Gasteiger partial charge in [-0.25, -0.2) is 9.79 Å². The van der Waals surface area contributed by atoms with E-state index in [0.717, 1.165) is 28.6 Å². The highest BCUT2D eigenvalue weighted by molar-refractivity contribution is 8.18. The Kier molecular flexibility index (Phi) is 6.75. The number of aryl methyl sites for hydroxylation is 1. The van der Waals surface area contributed by atoms with Crippen LogP contribution in [0.2, 0.25) is 0 Å². The van der Waals surface area contributed by atoms with Crippen LogP contribution in [0, 0.1) is 12.8 Å². The normalized spacial score (nSPS) is 16.5. The van der Waals surface area contributed by atoms with Gasteiger partial charge in [0, 0.05) is 29.2 Å². The molecule has 0 saturated carbocycles. The fraction of sp³-hybridized carbons (Fsp3) is 0.259. The predicted octanol–water partition coefficient (Wildman–Crippen LogP) is 6.80. The molecule has 2 heterocycles. The van der Waals surface area contributed by atoms with Crippen LogP contribution in [0.5, 0.6) is 0 Å². The molecule has 170 valence electrons. The number of hydrogen-bond donors (Lipinski definition) is 1. The summed E-state index contributed by atoms with van der Waals surface area (Å²) < 4.78 is 7.45. The Labute approximate surface area is 198 Å². The monoisotopic (exact) mass is 460 g/mol. The molecule has 0 saturated heterocycles. The molecule has 1 aliphatic rings. The summed E-state index contributed by atoms with van der Waals surface area (Å²) in [6.07, 6.45) is 4.03. The molecule has 0 fully saturated rings. The second kappa shape index (κ2) is 9.71. The fourth-order valence-corrected chi connectivity index (χ4v) is 4.83. The van der Waals surface area contributed by atoms with E-state index in [2.05, 4.69) is 41.7 Å². The van der Waals surface area contributed by atoms with Gasteiger partial charge in [0.15, 0.2) is 0 Å². The van der Waals surface area contributed by atoms with Gasteiger partial charge in [-0.05, 0) is 44.0 Å². The third-order valence-corrected chi connectivity index (χ3v) is 6.32. The van der Waals surface area contributed by atoms with Crippen molar-refractivity contribution in [3.63, 3.8) is 0 Å². The van der Waals surface area contributed by atoms with Crippen molar-refractivity contribution in [3.8, 4) is 0 Å². The second-order valence-electron chi connectivity index (χ2n) is 8.46. The number of carbonyl (C=O) groups excluding carboxylic acids is 1. The lowest BCUT2D eigenvalue weighted by atomic mass is 10.1. The van der Waals surface area contributed by atoms with Crippen LogP contribution in [0.4, 0.5) is 5.69 Å². The van der Waals surface area contributed by atoms with Crippen molar-refractivity contribution in [2.24, 2.45) is 10.9 Å². The highest BCUT2D eigenvalue weighted by Gasteiger charge is 2.33. The van der Waals surface area contributed by atoms with Gasteiger partial charge < -0.3 is 14.4 Å². The number of carbonyl (C=O) groups is 1. The number of fused-ring (bicyclic) bond motifs is 1.